The van der Waals surface area contributed by atoms with Gasteiger partial charge in [-0.1, -0.05) is 23.8 Å². The predicted octanol–water partition coefficient (Wildman–Crippen LogP) is 3.14. The minimum absolute atomic E-state index is 0.0692. The third kappa shape index (κ3) is 3.40. The minimum Gasteiger partial charge on any atom is -0.507 e. The van der Waals surface area contributed by atoms with E-state index >= 15 is 0 Å². The number of fused-ring (bicyclic) bond motifs is 3. The van der Waals surface area contributed by atoms with E-state index in [2.05, 4.69) is 0 Å². The number of hydrogen-bond acceptors (Lipinski definition) is 12. The van der Waals surface area contributed by atoms with E-state index in [0.717, 1.165) is 7.11 Å². The first-order valence-corrected chi connectivity index (χ1v) is 14.3. The number of methoxy groups -OCH3 is 1. The van der Waals surface area contributed by atoms with Crippen LogP contribution >= 0.6 is 0 Å². The molecule has 2 bridgehead atoms. The van der Waals surface area contributed by atoms with Gasteiger partial charge in [-0.3, -0.25) is 14.4 Å². The molecule has 12 heteroatoms. The highest BCUT2D eigenvalue weighted by atomic mass is 16.6. The second kappa shape index (κ2) is 9.21. The molecule has 8 rings (SSSR count). The van der Waals surface area contributed by atoms with Crippen molar-refractivity contribution in [3.8, 4) is 17.2 Å². The molecule has 0 amide bonds. The van der Waals surface area contributed by atoms with Crippen molar-refractivity contribution < 1.29 is 58.9 Å². The van der Waals surface area contributed by atoms with Crippen LogP contribution < -0.4 is 4.74 Å². The van der Waals surface area contributed by atoms with Gasteiger partial charge in [0.25, 0.3) is 5.60 Å². The molecule has 0 radical (unpaired) electrons. The summed E-state index contributed by atoms with van der Waals surface area (Å²) in [5, 5.41) is 56.4. The number of phenolic OH excluding ortho intramolecular Hbond substituents is 2. The summed E-state index contributed by atoms with van der Waals surface area (Å²) >= 11 is 0. The van der Waals surface area contributed by atoms with Gasteiger partial charge in [-0.15, -0.1) is 0 Å². The molecule has 0 aromatic heterocycles. The Morgan fingerprint density at radius 2 is 1.73 bits per heavy atom. The molecule has 5 aliphatic carbocycles. The lowest BCUT2D eigenvalue weighted by Crippen LogP contribution is -2.61. The lowest BCUT2D eigenvalue weighted by molar-refractivity contribution is -0.169. The Hall–Kier alpha value is -5.10. The summed E-state index contributed by atoms with van der Waals surface area (Å²) in [5.41, 5.74) is -4.06. The smallest absolute Gasteiger partial charge is 0.358 e. The van der Waals surface area contributed by atoms with Crippen molar-refractivity contribution in [2.45, 2.75) is 56.8 Å². The fourth-order valence-corrected chi connectivity index (χ4v) is 7.99. The Morgan fingerprint density at radius 3 is 2.42 bits per heavy atom. The van der Waals surface area contributed by atoms with Crippen molar-refractivity contribution in [3.63, 3.8) is 0 Å². The maximum atomic E-state index is 14.6. The molecule has 2 aromatic rings. The number of esters is 2. The number of aromatic hydroxyl groups is 2. The summed E-state index contributed by atoms with van der Waals surface area (Å²) in [6.45, 7) is 2.84. The maximum Gasteiger partial charge on any atom is 0.358 e. The number of hydrogen-bond donors (Lipinski definition) is 5. The molecule has 5 N–H and O–H groups in total. The molecular formula is C33H28O12. The number of rotatable bonds is 2. The van der Waals surface area contributed by atoms with E-state index in [9.17, 15) is 44.7 Å². The zero-order valence-corrected chi connectivity index (χ0v) is 24.3. The number of aliphatic hydroxyl groups excluding tert-OH is 3. The molecule has 12 nitrogen and oxygen atoms in total. The van der Waals surface area contributed by atoms with Crippen LogP contribution in [0.5, 0.6) is 17.2 Å². The number of carbonyl (C=O) groups is 4. The highest BCUT2D eigenvalue weighted by molar-refractivity contribution is 6.14. The third-order valence-corrected chi connectivity index (χ3v) is 9.64. The average Bonchev–Trinajstić information content (AvgIpc) is 3.17. The van der Waals surface area contributed by atoms with Gasteiger partial charge in [0.2, 0.25) is 0 Å². The van der Waals surface area contributed by atoms with Crippen LogP contribution in [0.2, 0.25) is 0 Å². The molecule has 232 valence electrons. The van der Waals surface area contributed by atoms with Crippen LogP contribution in [0.15, 0.2) is 47.1 Å². The predicted molar refractivity (Wildman–Crippen MR) is 153 cm³/mol. The normalized spacial score (nSPS) is 29.3. The SMILES string of the molecule is COC(=O)[C@@]12Oc3c(c(O)cc4c3[C@H]3C(=O)C5=C(O)c6c(O)cccc6[C@@H](OC(C)=O)[C@@]5(C=C3C)C4)C(O)=C1C(=O)CC[C@@H]2O. The molecule has 1 spiro atoms. The van der Waals surface area contributed by atoms with Gasteiger partial charge >= 0.3 is 11.9 Å². The summed E-state index contributed by atoms with van der Waals surface area (Å²) in [6, 6.07) is 5.70. The average molecular weight is 617 g/mol. The monoisotopic (exact) mass is 616 g/mol. The maximum absolute atomic E-state index is 14.6. The van der Waals surface area contributed by atoms with Gasteiger partial charge in [-0.05, 0) is 37.5 Å². The molecule has 1 aliphatic heterocycles. The van der Waals surface area contributed by atoms with Crippen LogP contribution in [0.3, 0.4) is 0 Å². The Balaban J connectivity index is 1.57. The number of phenols is 2. The molecule has 45 heavy (non-hydrogen) atoms. The van der Waals surface area contributed by atoms with E-state index in [1.807, 2.05) is 0 Å². The van der Waals surface area contributed by atoms with E-state index in [0.29, 0.717) is 5.57 Å². The zero-order chi connectivity index (χ0) is 32.3. The molecule has 1 fully saturated rings. The van der Waals surface area contributed by atoms with E-state index < -0.39 is 75.5 Å². The zero-order valence-electron chi connectivity index (χ0n) is 24.3. The Bertz CT molecular complexity index is 1900. The summed E-state index contributed by atoms with van der Waals surface area (Å²) in [5.74, 6) is -6.93. The molecule has 0 unspecified atom stereocenters. The molecule has 5 atom stereocenters. The largest absolute Gasteiger partial charge is 0.507 e. The van der Waals surface area contributed by atoms with Crippen LogP contribution in [0.25, 0.3) is 11.5 Å². The van der Waals surface area contributed by atoms with Crippen molar-refractivity contribution in [1.82, 2.24) is 0 Å². The van der Waals surface area contributed by atoms with Gasteiger partial charge in [0, 0.05) is 24.5 Å². The second-order valence-corrected chi connectivity index (χ2v) is 12.1. The lowest BCUT2D eigenvalue weighted by atomic mass is 9.60. The number of ketones is 2. The summed E-state index contributed by atoms with van der Waals surface area (Å²) in [7, 11) is 1.03. The molecule has 1 saturated carbocycles. The van der Waals surface area contributed by atoms with E-state index in [1.165, 1.54) is 25.1 Å². The first-order valence-electron chi connectivity index (χ1n) is 14.3. The molecule has 2 aromatic carbocycles. The van der Waals surface area contributed by atoms with Gasteiger partial charge in [0.1, 0.15) is 46.5 Å². The van der Waals surface area contributed by atoms with E-state index in [1.54, 1.807) is 19.1 Å². The first kappa shape index (κ1) is 28.7. The van der Waals surface area contributed by atoms with Crippen LogP contribution in [-0.2, 0) is 35.1 Å². The first-order chi connectivity index (χ1) is 21.3. The quantitative estimate of drug-likeness (QED) is 0.245. The number of benzene rings is 2. The van der Waals surface area contributed by atoms with Gasteiger partial charge in [0.05, 0.1) is 35.2 Å². The van der Waals surface area contributed by atoms with Gasteiger partial charge in [-0.25, -0.2) is 4.79 Å². The van der Waals surface area contributed by atoms with Crippen molar-refractivity contribution in [2.24, 2.45) is 5.41 Å². The topological polar surface area (TPSA) is 197 Å². The molecular weight excluding hydrogens is 588 g/mol. The highest BCUT2D eigenvalue weighted by Gasteiger charge is 2.63. The number of aliphatic hydroxyl groups is 3. The van der Waals surface area contributed by atoms with E-state index in [-0.39, 0.29) is 64.2 Å². The number of allylic oxidation sites excluding steroid dienone is 1. The lowest BCUT2D eigenvalue weighted by Gasteiger charge is -2.45. The fraction of sp³-hybridized carbons (Fsp3) is 0.333. The van der Waals surface area contributed by atoms with Gasteiger partial charge < -0.3 is 39.7 Å². The van der Waals surface area contributed by atoms with Crippen LogP contribution in [-0.4, -0.2) is 67.9 Å². The Morgan fingerprint density at radius 1 is 1.02 bits per heavy atom. The van der Waals surface area contributed by atoms with Crippen molar-refractivity contribution >= 4 is 35.0 Å². The molecule has 6 aliphatic rings. The van der Waals surface area contributed by atoms with Crippen molar-refractivity contribution in [2.75, 3.05) is 7.11 Å². The van der Waals surface area contributed by atoms with Crippen molar-refractivity contribution in [1.29, 1.82) is 0 Å². The Labute approximate surface area is 255 Å². The van der Waals surface area contributed by atoms with Gasteiger partial charge in [0.15, 0.2) is 11.6 Å². The van der Waals surface area contributed by atoms with Crippen LogP contribution in [0.4, 0.5) is 0 Å². The number of carbonyl (C=O) groups excluding carboxylic acids is 4. The minimum atomic E-state index is -2.50. The summed E-state index contributed by atoms with van der Waals surface area (Å²) in [6.07, 6.45) is -1.70. The third-order valence-electron chi connectivity index (χ3n) is 9.64. The van der Waals surface area contributed by atoms with Crippen molar-refractivity contribution in [3.05, 3.63) is 74.9 Å². The second-order valence-electron chi connectivity index (χ2n) is 12.1. The van der Waals surface area contributed by atoms with Gasteiger partial charge in [-0.2, -0.15) is 0 Å². The number of ether oxygens (including phenoxy) is 3. The Kier molecular flexibility index (Phi) is 5.86. The fourth-order valence-electron chi connectivity index (χ4n) is 7.99. The standard InChI is InChI=1S/C33H28O12/c1-12-10-32-11-14-9-18(37)23-28(41)24-17(36)7-8-19(38)33(24,31(42)43-3)45-29(23)21(14)20(12)26(39)25(32)27(40)22-15(5-4-6-16(22)35)30(32)44-13(2)34/h4-6,9-10,19-20,30,35,37-38,40-41H,7-8,11H2,1-3H3/t19-,20-,30+,32-,33-/m0/s1. The highest BCUT2D eigenvalue weighted by Crippen LogP contribution is 2.64. The number of Topliss-reactive ketones (excluding diaryl/α,β-unsaturated/α-hetero) is 2. The van der Waals surface area contributed by atoms with Crippen LogP contribution in [0, 0.1) is 5.41 Å². The molecule has 1 heterocycles. The summed E-state index contributed by atoms with van der Waals surface area (Å²) in [4.78, 5) is 53.5. The van der Waals surface area contributed by atoms with E-state index in [4.69, 9.17) is 14.2 Å². The molecule has 0 saturated heterocycles. The summed E-state index contributed by atoms with van der Waals surface area (Å²) < 4.78 is 17.0. The van der Waals surface area contributed by atoms with Crippen LogP contribution in [0.1, 0.15) is 66.5 Å².